The number of methoxy groups -OCH3 is 2. The number of thiazole rings is 1. The fourth-order valence-electron chi connectivity index (χ4n) is 2.31. The summed E-state index contributed by atoms with van der Waals surface area (Å²) in [4.78, 5) is 29.0. The lowest BCUT2D eigenvalue weighted by atomic mass is 10.2. The van der Waals surface area contributed by atoms with Crippen molar-refractivity contribution in [1.82, 2.24) is 4.98 Å². The number of halogens is 2. The van der Waals surface area contributed by atoms with E-state index in [9.17, 15) is 9.59 Å². The van der Waals surface area contributed by atoms with Crippen LogP contribution in [0, 0.1) is 0 Å². The average molecular weight is 452 g/mol. The fraction of sp³-hybridized carbons (Fsp3) is 0.105. The number of nitrogens with one attached hydrogen (secondary N) is 2. The van der Waals surface area contributed by atoms with Crippen LogP contribution in [0.2, 0.25) is 10.0 Å². The van der Waals surface area contributed by atoms with E-state index in [-0.39, 0.29) is 10.8 Å². The van der Waals surface area contributed by atoms with Crippen molar-refractivity contribution in [2.45, 2.75) is 0 Å². The maximum atomic E-state index is 12.5. The summed E-state index contributed by atoms with van der Waals surface area (Å²) in [5.74, 6) is 0.113. The summed E-state index contributed by atoms with van der Waals surface area (Å²) in [5, 5.41) is 7.85. The summed E-state index contributed by atoms with van der Waals surface area (Å²) in [6.07, 6.45) is 0. The number of rotatable bonds is 6. The monoisotopic (exact) mass is 451 g/mol. The van der Waals surface area contributed by atoms with E-state index < -0.39 is 11.8 Å². The summed E-state index contributed by atoms with van der Waals surface area (Å²) in [5.41, 5.74) is 0.962. The van der Waals surface area contributed by atoms with Crippen LogP contribution in [0.5, 0.6) is 11.5 Å². The summed E-state index contributed by atoms with van der Waals surface area (Å²) in [6, 6.07) is 9.54. The predicted octanol–water partition coefficient (Wildman–Crippen LogP) is 4.97. The minimum atomic E-state index is -0.441. The van der Waals surface area contributed by atoms with Gasteiger partial charge >= 0.3 is 0 Å². The molecule has 0 atom stereocenters. The van der Waals surface area contributed by atoms with E-state index in [2.05, 4.69) is 15.6 Å². The first-order chi connectivity index (χ1) is 13.9. The number of anilines is 2. The first kappa shape index (κ1) is 20.9. The lowest BCUT2D eigenvalue weighted by Crippen LogP contribution is -2.14. The Morgan fingerprint density at radius 1 is 0.931 bits per heavy atom. The van der Waals surface area contributed by atoms with E-state index in [0.29, 0.717) is 32.8 Å². The van der Waals surface area contributed by atoms with Crippen LogP contribution >= 0.6 is 34.5 Å². The molecular weight excluding hydrogens is 437 g/mol. The highest BCUT2D eigenvalue weighted by Crippen LogP contribution is 2.26. The van der Waals surface area contributed by atoms with Crippen molar-refractivity contribution in [3.63, 3.8) is 0 Å². The van der Waals surface area contributed by atoms with Crippen molar-refractivity contribution in [2.75, 3.05) is 24.9 Å². The molecule has 0 aliphatic carbocycles. The summed E-state index contributed by atoms with van der Waals surface area (Å²) >= 11 is 12.9. The number of nitrogens with zero attached hydrogens (tertiary/aromatic N) is 1. The lowest BCUT2D eigenvalue weighted by Gasteiger charge is -2.08. The van der Waals surface area contributed by atoms with E-state index in [0.717, 1.165) is 11.3 Å². The van der Waals surface area contributed by atoms with Crippen molar-refractivity contribution < 1.29 is 19.1 Å². The molecule has 10 heteroatoms. The summed E-state index contributed by atoms with van der Waals surface area (Å²) in [6.45, 7) is 0. The Morgan fingerprint density at radius 2 is 1.62 bits per heavy atom. The van der Waals surface area contributed by atoms with Crippen LogP contribution in [0.15, 0.2) is 41.8 Å². The van der Waals surface area contributed by atoms with E-state index in [1.807, 2.05) is 0 Å². The molecule has 3 rings (SSSR count). The Labute approximate surface area is 180 Å². The number of carbonyl (C=O) groups is 2. The quantitative estimate of drug-likeness (QED) is 0.551. The highest BCUT2D eigenvalue weighted by Gasteiger charge is 2.15. The lowest BCUT2D eigenvalue weighted by molar-refractivity contribution is 0.101. The molecule has 150 valence electrons. The van der Waals surface area contributed by atoms with Crippen molar-refractivity contribution in [3.05, 3.63) is 63.1 Å². The van der Waals surface area contributed by atoms with Crippen LogP contribution < -0.4 is 20.1 Å². The van der Waals surface area contributed by atoms with E-state index >= 15 is 0 Å². The van der Waals surface area contributed by atoms with Gasteiger partial charge < -0.3 is 14.8 Å². The number of carbonyl (C=O) groups excluding carboxylic acids is 2. The number of hydrogen-bond donors (Lipinski definition) is 2. The zero-order valence-corrected chi connectivity index (χ0v) is 17.6. The third-order valence-corrected chi connectivity index (χ3v) is 5.25. The third-order valence-electron chi connectivity index (χ3n) is 3.75. The van der Waals surface area contributed by atoms with Gasteiger partial charge in [0, 0.05) is 22.7 Å². The van der Waals surface area contributed by atoms with Gasteiger partial charge in [0.15, 0.2) is 5.13 Å². The maximum absolute atomic E-state index is 12.5. The van der Waals surface area contributed by atoms with Gasteiger partial charge in [-0.05, 0) is 30.3 Å². The van der Waals surface area contributed by atoms with Gasteiger partial charge in [-0.25, -0.2) is 4.98 Å². The van der Waals surface area contributed by atoms with Crippen molar-refractivity contribution in [1.29, 1.82) is 0 Å². The highest BCUT2D eigenvalue weighted by atomic mass is 35.5. The number of amides is 2. The molecule has 0 saturated heterocycles. The number of benzene rings is 2. The van der Waals surface area contributed by atoms with Crippen molar-refractivity contribution in [2.24, 2.45) is 0 Å². The SMILES string of the molecule is COc1cc(OC)cc(C(=O)Nc2nc(C(=O)Nc3ccc(Cl)c(Cl)c3)cs2)c1. The second-order valence-corrected chi connectivity index (χ2v) is 7.35. The predicted molar refractivity (Wildman–Crippen MR) is 114 cm³/mol. The molecule has 0 bridgehead atoms. The molecule has 1 aromatic heterocycles. The molecule has 0 unspecified atom stereocenters. The fourth-order valence-corrected chi connectivity index (χ4v) is 3.30. The topological polar surface area (TPSA) is 89.6 Å². The number of aromatic nitrogens is 1. The first-order valence-corrected chi connectivity index (χ1v) is 9.79. The minimum absolute atomic E-state index is 0.152. The molecular formula is C19H15Cl2N3O4S. The summed E-state index contributed by atoms with van der Waals surface area (Å²) < 4.78 is 10.3. The van der Waals surface area contributed by atoms with Gasteiger partial charge in [-0.2, -0.15) is 0 Å². The van der Waals surface area contributed by atoms with Gasteiger partial charge in [0.05, 0.1) is 24.3 Å². The summed E-state index contributed by atoms with van der Waals surface area (Å²) in [7, 11) is 2.99. The molecule has 3 aromatic rings. The van der Waals surface area contributed by atoms with Crippen LogP contribution in [-0.2, 0) is 0 Å². The molecule has 0 spiro atoms. The van der Waals surface area contributed by atoms with Crippen molar-refractivity contribution in [3.8, 4) is 11.5 Å². The second-order valence-electron chi connectivity index (χ2n) is 5.68. The van der Waals surface area contributed by atoms with Gasteiger partial charge in [0.1, 0.15) is 17.2 Å². The minimum Gasteiger partial charge on any atom is -0.497 e. The molecule has 7 nitrogen and oxygen atoms in total. The zero-order valence-electron chi connectivity index (χ0n) is 15.3. The molecule has 1 heterocycles. The molecule has 2 aromatic carbocycles. The van der Waals surface area contributed by atoms with E-state index in [1.165, 1.54) is 25.7 Å². The maximum Gasteiger partial charge on any atom is 0.275 e. The van der Waals surface area contributed by atoms with E-state index in [4.69, 9.17) is 32.7 Å². The van der Waals surface area contributed by atoms with Crippen LogP contribution in [0.1, 0.15) is 20.8 Å². The Kier molecular flexibility index (Phi) is 6.58. The van der Waals surface area contributed by atoms with Crippen LogP contribution in [0.4, 0.5) is 10.8 Å². The van der Waals surface area contributed by atoms with Crippen LogP contribution in [0.3, 0.4) is 0 Å². The smallest absolute Gasteiger partial charge is 0.275 e. The molecule has 0 saturated carbocycles. The Morgan fingerprint density at radius 3 is 2.24 bits per heavy atom. The largest absolute Gasteiger partial charge is 0.497 e. The first-order valence-electron chi connectivity index (χ1n) is 8.16. The molecule has 0 aliphatic rings. The Bertz CT molecular complexity index is 1050. The second kappa shape index (κ2) is 9.13. The van der Waals surface area contributed by atoms with Gasteiger partial charge in [-0.15, -0.1) is 11.3 Å². The molecule has 2 N–H and O–H groups in total. The Hall–Kier alpha value is -2.81. The molecule has 0 radical (unpaired) electrons. The van der Waals surface area contributed by atoms with Gasteiger partial charge in [-0.1, -0.05) is 23.2 Å². The molecule has 0 fully saturated rings. The van der Waals surface area contributed by atoms with Gasteiger partial charge in [-0.3, -0.25) is 14.9 Å². The average Bonchev–Trinajstić information content (AvgIpc) is 3.18. The Balaban J connectivity index is 1.70. The number of ether oxygens (including phenoxy) is 2. The van der Waals surface area contributed by atoms with Crippen LogP contribution in [0.25, 0.3) is 0 Å². The van der Waals surface area contributed by atoms with Crippen LogP contribution in [-0.4, -0.2) is 31.0 Å². The molecule has 2 amide bonds. The normalized spacial score (nSPS) is 10.3. The third kappa shape index (κ3) is 5.17. The molecule has 29 heavy (non-hydrogen) atoms. The number of hydrogen-bond acceptors (Lipinski definition) is 6. The van der Waals surface area contributed by atoms with Gasteiger partial charge in [0.2, 0.25) is 0 Å². The highest BCUT2D eigenvalue weighted by molar-refractivity contribution is 7.14. The van der Waals surface area contributed by atoms with E-state index in [1.54, 1.807) is 30.3 Å². The van der Waals surface area contributed by atoms with Crippen molar-refractivity contribution >= 4 is 57.2 Å². The zero-order chi connectivity index (χ0) is 21.0. The van der Waals surface area contributed by atoms with Gasteiger partial charge in [0.25, 0.3) is 11.8 Å². The standard InChI is InChI=1S/C19H15Cl2N3O4S/c1-27-12-5-10(6-13(8-12)28-2)17(25)24-19-23-16(9-29-19)18(26)22-11-3-4-14(20)15(21)7-11/h3-9H,1-2H3,(H,22,26)(H,23,24,25). The molecule has 0 aliphatic heterocycles.